The number of anilines is 2. The highest BCUT2D eigenvalue weighted by molar-refractivity contribution is 6.03. The largest absolute Gasteiger partial charge is 0.314 e. The Labute approximate surface area is 199 Å². The van der Waals surface area contributed by atoms with E-state index in [0.717, 1.165) is 29.8 Å². The van der Waals surface area contributed by atoms with Crippen molar-refractivity contribution in [2.75, 3.05) is 11.4 Å². The van der Waals surface area contributed by atoms with Crippen molar-refractivity contribution in [2.45, 2.75) is 25.4 Å². The van der Waals surface area contributed by atoms with Gasteiger partial charge in [-0.15, -0.1) is 0 Å². The van der Waals surface area contributed by atoms with Crippen molar-refractivity contribution >= 4 is 17.3 Å². The Kier molecular flexibility index (Phi) is 6.36. The molecular formula is C29H27N3O2. The van der Waals surface area contributed by atoms with E-state index in [0.29, 0.717) is 6.54 Å². The topological polar surface area (TPSA) is 54.3 Å². The van der Waals surface area contributed by atoms with Gasteiger partial charge in [-0.1, -0.05) is 72.8 Å². The lowest BCUT2D eigenvalue weighted by atomic mass is 10.0. The lowest BCUT2D eigenvalue weighted by molar-refractivity contribution is -0.117. The Bertz CT molecular complexity index is 1300. The number of carbonyl (C=O) groups excluding carboxylic acids is 1. The SMILES string of the molecule is O=C(CNC(Cn1ccccc1=O)c1ccccc1)N1c2ccccc2CCc2ccccc21. The molecule has 0 radical (unpaired) electrons. The van der Waals surface area contributed by atoms with Gasteiger partial charge in [0.1, 0.15) is 0 Å². The monoisotopic (exact) mass is 449 g/mol. The lowest BCUT2D eigenvalue weighted by Gasteiger charge is -2.27. The number of para-hydroxylation sites is 2. The Morgan fingerprint density at radius 3 is 2.00 bits per heavy atom. The summed E-state index contributed by atoms with van der Waals surface area (Å²) in [6.07, 6.45) is 3.57. The van der Waals surface area contributed by atoms with E-state index in [-0.39, 0.29) is 24.1 Å². The van der Waals surface area contributed by atoms with Crippen LogP contribution in [0.15, 0.2) is 108 Å². The molecule has 5 heteroatoms. The molecule has 0 fully saturated rings. The molecule has 3 aromatic carbocycles. The number of fused-ring (bicyclic) bond motifs is 2. The maximum Gasteiger partial charge on any atom is 0.250 e. The summed E-state index contributed by atoms with van der Waals surface area (Å²) < 4.78 is 1.67. The molecule has 34 heavy (non-hydrogen) atoms. The van der Waals surface area contributed by atoms with Gasteiger partial charge in [0.2, 0.25) is 5.91 Å². The minimum atomic E-state index is -0.192. The zero-order valence-electron chi connectivity index (χ0n) is 18.9. The summed E-state index contributed by atoms with van der Waals surface area (Å²) in [5.74, 6) is -0.0249. The van der Waals surface area contributed by atoms with E-state index in [1.54, 1.807) is 22.9 Å². The van der Waals surface area contributed by atoms with Gasteiger partial charge in [0, 0.05) is 18.8 Å². The van der Waals surface area contributed by atoms with Crippen LogP contribution in [0, 0.1) is 0 Å². The van der Waals surface area contributed by atoms with Gasteiger partial charge in [-0.3, -0.25) is 19.8 Å². The summed E-state index contributed by atoms with van der Waals surface area (Å²) in [6.45, 7) is 0.577. The van der Waals surface area contributed by atoms with Crippen LogP contribution in [0.25, 0.3) is 0 Å². The number of rotatable bonds is 6. The summed E-state index contributed by atoms with van der Waals surface area (Å²) in [7, 11) is 0. The van der Waals surface area contributed by atoms with Crippen molar-refractivity contribution in [3.05, 3.63) is 130 Å². The molecule has 1 atom stereocenters. The number of pyridine rings is 1. The van der Waals surface area contributed by atoms with E-state index >= 15 is 0 Å². The zero-order valence-corrected chi connectivity index (χ0v) is 18.9. The fourth-order valence-electron chi connectivity index (χ4n) is 4.62. The molecule has 1 aromatic heterocycles. The van der Waals surface area contributed by atoms with Crippen molar-refractivity contribution in [2.24, 2.45) is 0 Å². The molecule has 5 nitrogen and oxygen atoms in total. The molecule has 0 spiro atoms. The van der Waals surface area contributed by atoms with Gasteiger partial charge in [0.25, 0.3) is 5.56 Å². The first-order valence-corrected chi connectivity index (χ1v) is 11.6. The summed E-state index contributed by atoms with van der Waals surface area (Å²) >= 11 is 0. The third-order valence-corrected chi connectivity index (χ3v) is 6.36. The number of aromatic nitrogens is 1. The number of hydrogen-bond donors (Lipinski definition) is 1. The fraction of sp³-hybridized carbons (Fsp3) is 0.172. The lowest BCUT2D eigenvalue weighted by Crippen LogP contribution is -2.39. The standard InChI is InChI=1S/C29H27N3O2/c33-28-16-8-9-19-31(28)21-25(22-10-2-1-3-11-22)30-20-29(34)32-26-14-6-4-12-23(26)17-18-24-13-5-7-15-27(24)32/h1-16,19,25,30H,17-18,20-21H2. The maximum atomic E-state index is 13.7. The summed E-state index contributed by atoms with van der Waals surface area (Å²) in [6, 6.07) is 31.2. The molecule has 0 saturated heterocycles. The molecule has 0 bridgehead atoms. The number of amides is 1. The quantitative estimate of drug-likeness (QED) is 0.467. The third-order valence-electron chi connectivity index (χ3n) is 6.36. The summed E-state index contributed by atoms with van der Waals surface area (Å²) in [5.41, 5.74) is 5.18. The van der Waals surface area contributed by atoms with Crippen molar-refractivity contribution in [3.63, 3.8) is 0 Å². The van der Waals surface area contributed by atoms with E-state index < -0.39 is 0 Å². The smallest absolute Gasteiger partial charge is 0.250 e. The molecule has 1 aliphatic heterocycles. The third kappa shape index (κ3) is 4.56. The van der Waals surface area contributed by atoms with E-state index in [2.05, 4.69) is 17.4 Å². The Balaban J connectivity index is 1.44. The van der Waals surface area contributed by atoms with Gasteiger partial charge in [-0.25, -0.2) is 0 Å². The number of benzene rings is 3. The maximum absolute atomic E-state index is 13.7. The van der Waals surface area contributed by atoms with Crippen LogP contribution in [0.3, 0.4) is 0 Å². The van der Waals surface area contributed by atoms with Crippen molar-refractivity contribution in [1.82, 2.24) is 9.88 Å². The second kappa shape index (κ2) is 9.89. The number of carbonyl (C=O) groups is 1. The molecule has 4 aromatic rings. The predicted octanol–water partition coefficient (Wildman–Crippen LogP) is 4.64. The fourth-order valence-corrected chi connectivity index (χ4v) is 4.62. The van der Waals surface area contributed by atoms with Crippen LogP contribution in [0.4, 0.5) is 11.4 Å². The van der Waals surface area contributed by atoms with E-state index in [9.17, 15) is 9.59 Å². The highest BCUT2D eigenvalue weighted by atomic mass is 16.2. The van der Waals surface area contributed by atoms with Crippen molar-refractivity contribution < 1.29 is 4.79 Å². The van der Waals surface area contributed by atoms with Crippen LogP contribution in [-0.4, -0.2) is 17.0 Å². The van der Waals surface area contributed by atoms with Gasteiger partial charge in [0.05, 0.1) is 24.0 Å². The van der Waals surface area contributed by atoms with Crippen LogP contribution in [0.1, 0.15) is 22.7 Å². The molecule has 170 valence electrons. The van der Waals surface area contributed by atoms with Gasteiger partial charge >= 0.3 is 0 Å². The zero-order chi connectivity index (χ0) is 23.3. The average molecular weight is 450 g/mol. The second-order valence-electron chi connectivity index (χ2n) is 8.52. The second-order valence-corrected chi connectivity index (χ2v) is 8.52. The average Bonchev–Trinajstić information content (AvgIpc) is 3.05. The number of aryl methyl sites for hydroxylation is 2. The molecule has 1 aliphatic rings. The van der Waals surface area contributed by atoms with Crippen molar-refractivity contribution in [3.8, 4) is 0 Å². The van der Waals surface area contributed by atoms with Gasteiger partial charge in [-0.05, 0) is 47.7 Å². The minimum absolute atomic E-state index is 0.0249. The van der Waals surface area contributed by atoms with Crippen molar-refractivity contribution in [1.29, 1.82) is 0 Å². The molecule has 2 heterocycles. The van der Waals surface area contributed by atoms with Gasteiger partial charge in [-0.2, -0.15) is 0 Å². The Morgan fingerprint density at radius 1 is 0.765 bits per heavy atom. The van der Waals surface area contributed by atoms with Crippen LogP contribution in [-0.2, 0) is 24.2 Å². The van der Waals surface area contributed by atoms with Crippen LogP contribution in [0.2, 0.25) is 0 Å². The molecular weight excluding hydrogens is 422 g/mol. The molecule has 1 unspecified atom stereocenters. The Hall–Kier alpha value is -3.96. The minimum Gasteiger partial charge on any atom is -0.314 e. The predicted molar refractivity (Wildman–Crippen MR) is 135 cm³/mol. The van der Waals surface area contributed by atoms with E-state index in [1.807, 2.05) is 77.7 Å². The van der Waals surface area contributed by atoms with E-state index in [4.69, 9.17) is 0 Å². The first kappa shape index (κ1) is 21.9. The van der Waals surface area contributed by atoms with Crippen LogP contribution in [0.5, 0.6) is 0 Å². The normalized spacial score (nSPS) is 13.5. The highest BCUT2D eigenvalue weighted by Crippen LogP contribution is 2.36. The summed E-state index contributed by atoms with van der Waals surface area (Å²) in [4.78, 5) is 27.9. The highest BCUT2D eigenvalue weighted by Gasteiger charge is 2.26. The molecule has 1 N–H and O–H groups in total. The molecule has 1 amide bonds. The summed E-state index contributed by atoms with van der Waals surface area (Å²) in [5, 5.41) is 3.44. The number of nitrogens with one attached hydrogen (secondary N) is 1. The first-order chi connectivity index (χ1) is 16.7. The van der Waals surface area contributed by atoms with Gasteiger partial charge in [0.15, 0.2) is 0 Å². The molecule has 5 rings (SSSR count). The van der Waals surface area contributed by atoms with Crippen LogP contribution < -0.4 is 15.8 Å². The van der Waals surface area contributed by atoms with E-state index in [1.165, 1.54) is 11.1 Å². The number of nitrogens with zero attached hydrogens (tertiary/aromatic N) is 2. The first-order valence-electron chi connectivity index (χ1n) is 11.6. The van der Waals surface area contributed by atoms with Gasteiger partial charge < -0.3 is 4.57 Å². The number of hydrogen-bond acceptors (Lipinski definition) is 3. The molecule has 0 aliphatic carbocycles. The molecule has 0 saturated carbocycles. The Morgan fingerprint density at radius 2 is 1.35 bits per heavy atom. The van der Waals surface area contributed by atoms with Crippen LogP contribution >= 0.6 is 0 Å².